The van der Waals surface area contributed by atoms with Crippen LogP contribution in [0.15, 0.2) is 54.6 Å². The van der Waals surface area contributed by atoms with E-state index in [-0.39, 0.29) is 11.5 Å². The number of anilines is 1. The molecule has 0 heterocycles. The standard InChI is InChI=1S/C23H24N2O7/c1-30-19-12-9-16(13-18(19)26)22(20(31-2)5-3-4-6-21(27)28)32-23(29)25-17-10-7-15(14-24)8-11-17/h4,6-13,20,22,26H,3,5H2,1-2H3,(H,25,29)(H,27,28)/b6-4+/t20-,22-/m1/s1. The molecule has 0 saturated heterocycles. The van der Waals surface area contributed by atoms with Gasteiger partial charge in [0.25, 0.3) is 0 Å². The van der Waals surface area contributed by atoms with Gasteiger partial charge in [0.15, 0.2) is 17.6 Å². The number of carbonyl (C=O) groups excluding carboxylic acids is 1. The van der Waals surface area contributed by atoms with Gasteiger partial charge in [0.1, 0.15) is 0 Å². The van der Waals surface area contributed by atoms with E-state index in [0.717, 1.165) is 6.08 Å². The zero-order valence-corrected chi connectivity index (χ0v) is 17.6. The molecule has 0 spiro atoms. The van der Waals surface area contributed by atoms with Crippen molar-refractivity contribution in [3.63, 3.8) is 0 Å². The highest BCUT2D eigenvalue weighted by atomic mass is 16.6. The number of aliphatic carboxylic acids is 1. The second-order valence-electron chi connectivity index (χ2n) is 6.66. The van der Waals surface area contributed by atoms with E-state index in [4.69, 9.17) is 24.6 Å². The zero-order valence-electron chi connectivity index (χ0n) is 17.6. The molecule has 0 aliphatic heterocycles. The Labute approximate surface area is 185 Å². The molecule has 0 aromatic heterocycles. The highest BCUT2D eigenvalue weighted by Gasteiger charge is 2.28. The number of amides is 1. The maximum Gasteiger partial charge on any atom is 0.412 e. The van der Waals surface area contributed by atoms with Crippen molar-refractivity contribution in [1.82, 2.24) is 0 Å². The summed E-state index contributed by atoms with van der Waals surface area (Å²) in [5, 5.41) is 30.4. The number of rotatable bonds is 10. The van der Waals surface area contributed by atoms with Crippen LogP contribution in [0.5, 0.6) is 11.5 Å². The van der Waals surface area contributed by atoms with Crippen molar-refractivity contribution in [2.24, 2.45) is 0 Å². The first-order valence-corrected chi connectivity index (χ1v) is 9.65. The molecule has 0 fully saturated rings. The molecule has 0 saturated carbocycles. The maximum absolute atomic E-state index is 12.6. The Morgan fingerprint density at radius 2 is 1.91 bits per heavy atom. The van der Waals surface area contributed by atoms with Crippen molar-refractivity contribution >= 4 is 17.7 Å². The van der Waals surface area contributed by atoms with Crippen LogP contribution < -0.4 is 10.1 Å². The molecule has 3 N–H and O–H groups in total. The lowest BCUT2D eigenvalue weighted by molar-refractivity contribution is -0.131. The Kier molecular flexibility index (Phi) is 9.07. The van der Waals surface area contributed by atoms with E-state index < -0.39 is 24.3 Å². The minimum absolute atomic E-state index is 0.133. The van der Waals surface area contributed by atoms with Crippen molar-refractivity contribution in [2.75, 3.05) is 19.5 Å². The highest BCUT2D eigenvalue weighted by Crippen LogP contribution is 2.33. The van der Waals surface area contributed by atoms with Crippen molar-refractivity contribution in [3.05, 3.63) is 65.7 Å². The van der Waals surface area contributed by atoms with Crippen molar-refractivity contribution < 1.29 is 34.0 Å². The average molecular weight is 440 g/mol. The van der Waals surface area contributed by atoms with Crippen molar-refractivity contribution in [1.29, 1.82) is 5.26 Å². The summed E-state index contributed by atoms with van der Waals surface area (Å²) < 4.78 is 16.2. The first-order chi connectivity index (χ1) is 15.4. The number of carboxylic acid groups (broad SMARTS) is 1. The van der Waals surface area contributed by atoms with Gasteiger partial charge in [0.05, 0.1) is 24.8 Å². The Balaban J connectivity index is 2.23. The smallest absolute Gasteiger partial charge is 0.412 e. The molecule has 2 aromatic rings. The quantitative estimate of drug-likeness (QED) is 0.471. The summed E-state index contributed by atoms with van der Waals surface area (Å²) >= 11 is 0. The number of phenolic OH excluding ortho intramolecular Hbond substituents is 1. The average Bonchev–Trinajstić information content (AvgIpc) is 2.78. The van der Waals surface area contributed by atoms with E-state index in [1.165, 1.54) is 32.4 Å². The predicted molar refractivity (Wildman–Crippen MR) is 115 cm³/mol. The molecule has 1 amide bonds. The fourth-order valence-electron chi connectivity index (χ4n) is 2.97. The number of benzene rings is 2. The molecule has 0 aliphatic rings. The molecule has 0 bridgehead atoms. The number of nitriles is 1. The number of hydrogen-bond donors (Lipinski definition) is 3. The van der Waals surface area contributed by atoms with Crippen LogP contribution in [0.4, 0.5) is 10.5 Å². The monoisotopic (exact) mass is 440 g/mol. The van der Waals surface area contributed by atoms with E-state index in [2.05, 4.69) is 5.32 Å². The number of allylic oxidation sites excluding steroid dienone is 1. The largest absolute Gasteiger partial charge is 0.504 e. The molecule has 2 aromatic carbocycles. The molecule has 2 rings (SSSR count). The van der Waals surface area contributed by atoms with Crippen LogP contribution in [0.1, 0.15) is 30.1 Å². The van der Waals surface area contributed by atoms with Gasteiger partial charge in [0.2, 0.25) is 0 Å². The van der Waals surface area contributed by atoms with Gasteiger partial charge in [-0.05, 0) is 54.8 Å². The summed E-state index contributed by atoms with van der Waals surface area (Å²) in [6.45, 7) is 0. The summed E-state index contributed by atoms with van der Waals surface area (Å²) in [4.78, 5) is 23.2. The van der Waals surface area contributed by atoms with Crippen LogP contribution >= 0.6 is 0 Å². The number of ether oxygens (including phenoxy) is 3. The van der Waals surface area contributed by atoms with Gasteiger partial charge < -0.3 is 24.4 Å². The van der Waals surface area contributed by atoms with Gasteiger partial charge in [-0.1, -0.05) is 12.1 Å². The van der Waals surface area contributed by atoms with Gasteiger partial charge in [-0.2, -0.15) is 5.26 Å². The van der Waals surface area contributed by atoms with Crippen LogP contribution in [-0.4, -0.2) is 42.6 Å². The molecule has 0 aliphatic carbocycles. The third-order valence-electron chi connectivity index (χ3n) is 4.54. The molecule has 9 heteroatoms. The Morgan fingerprint density at radius 3 is 2.47 bits per heavy atom. The summed E-state index contributed by atoms with van der Waals surface area (Å²) in [7, 11) is 2.87. The second-order valence-corrected chi connectivity index (χ2v) is 6.66. The lowest BCUT2D eigenvalue weighted by Gasteiger charge is -2.26. The molecular formula is C23H24N2O7. The summed E-state index contributed by atoms with van der Waals surface area (Å²) in [6.07, 6.45) is 0.915. The third-order valence-corrected chi connectivity index (χ3v) is 4.54. The minimum Gasteiger partial charge on any atom is -0.504 e. The summed E-state index contributed by atoms with van der Waals surface area (Å²) in [5.74, 6) is -0.937. The van der Waals surface area contributed by atoms with Crippen molar-refractivity contribution in [2.45, 2.75) is 25.0 Å². The normalized spacial score (nSPS) is 12.5. The number of methoxy groups -OCH3 is 2. The maximum atomic E-state index is 12.6. The molecule has 32 heavy (non-hydrogen) atoms. The number of aromatic hydroxyl groups is 1. The number of phenols is 1. The number of carboxylic acids is 1. The molecule has 2 atom stereocenters. The Bertz CT molecular complexity index is 996. The lowest BCUT2D eigenvalue weighted by atomic mass is 9.99. The molecule has 168 valence electrons. The summed E-state index contributed by atoms with van der Waals surface area (Å²) in [6, 6.07) is 12.8. The van der Waals surface area contributed by atoms with Gasteiger partial charge in [-0.15, -0.1) is 0 Å². The number of nitrogens with zero attached hydrogens (tertiary/aromatic N) is 1. The summed E-state index contributed by atoms with van der Waals surface area (Å²) in [5.41, 5.74) is 1.35. The first kappa shape index (κ1) is 24.2. The van der Waals surface area contributed by atoms with E-state index >= 15 is 0 Å². The van der Waals surface area contributed by atoms with Crippen LogP contribution in [0.2, 0.25) is 0 Å². The van der Waals surface area contributed by atoms with Crippen LogP contribution in [0.25, 0.3) is 0 Å². The van der Waals surface area contributed by atoms with Crippen LogP contribution in [0.3, 0.4) is 0 Å². The first-order valence-electron chi connectivity index (χ1n) is 9.65. The molecular weight excluding hydrogens is 416 g/mol. The van der Waals surface area contributed by atoms with E-state index in [9.17, 15) is 14.7 Å². The van der Waals surface area contributed by atoms with Gasteiger partial charge in [0, 0.05) is 18.9 Å². The topological polar surface area (TPSA) is 138 Å². The SMILES string of the molecule is COc1ccc([C@@H](OC(=O)Nc2ccc(C#N)cc2)[C@@H](CC/C=C/C(=O)O)OC)cc1O. The van der Waals surface area contributed by atoms with Gasteiger partial charge >= 0.3 is 12.1 Å². The van der Waals surface area contributed by atoms with Crippen molar-refractivity contribution in [3.8, 4) is 17.6 Å². The van der Waals surface area contributed by atoms with Gasteiger partial charge in [-0.25, -0.2) is 9.59 Å². The number of nitrogens with one attached hydrogen (secondary N) is 1. The predicted octanol–water partition coefficient (Wildman–Crippen LogP) is 4.00. The fraction of sp³-hybridized carbons (Fsp3) is 0.261. The molecule has 9 nitrogen and oxygen atoms in total. The van der Waals surface area contributed by atoms with E-state index in [0.29, 0.717) is 29.7 Å². The Morgan fingerprint density at radius 1 is 1.19 bits per heavy atom. The number of hydrogen-bond acceptors (Lipinski definition) is 7. The molecule has 0 unspecified atom stereocenters. The Hall–Kier alpha value is -4.03. The van der Waals surface area contributed by atoms with E-state index in [1.807, 2.05) is 6.07 Å². The second kappa shape index (κ2) is 12.0. The molecule has 0 radical (unpaired) electrons. The highest BCUT2D eigenvalue weighted by molar-refractivity contribution is 5.84. The minimum atomic E-state index is -1.06. The fourth-order valence-corrected chi connectivity index (χ4v) is 2.97. The van der Waals surface area contributed by atoms with Gasteiger partial charge in [-0.3, -0.25) is 5.32 Å². The van der Waals surface area contributed by atoms with E-state index in [1.54, 1.807) is 30.3 Å². The number of carbonyl (C=O) groups is 2. The van der Waals surface area contributed by atoms with Crippen LogP contribution in [0, 0.1) is 11.3 Å². The van der Waals surface area contributed by atoms with Crippen LogP contribution in [-0.2, 0) is 14.3 Å². The lowest BCUT2D eigenvalue weighted by Crippen LogP contribution is -2.28. The zero-order chi connectivity index (χ0) is 23.5. The third kappa shape index (κ3) is 7.04.